The lowest BCUT2D eigenvalue weighted by molar-refractivity contribution is -0.158. The van der Waals surface area contributed by atoms with Crippen molar-refractivity contribution in [2.75, 3.05) is 6.61 Å². The molecule has 6 atom stereocenters. The van der Waals surface area contributed by atoms with E-state index in [1.54, 1.807) is 0 Å². The van der Waals surface area contributed by atoms with Crippen LogP contribution in [-0.2, 0) is 19.1 Å². The third-order valence-corrected chi connectivity index (χ3v) is 8.32. The second-order valence-corrected chi connectivity index (χ2v) is 9.74. The van der Waals surface area contributed by atoms with Gasteiger partial charge in [-0.2, -0.15) is 0 Å². The summed E-state index contributed by atoms with van der Waals surface area (Å²) in [6.45, 7) is 12.6. The van der Waals surface area contributed by atoms with E-state index in [0.29, 0.717) is 17.9 Å². The molecule has 27 heavy (non-hydrogen) atoms. The zero-order valence-electron chi connectivity index (χ0n) is 17.5. The van der Waals surface area contributed by atoms with Crippen LogP contribution in [0.4, 0.5) is 0 Å². The molecule has 0 aliphatic heterocycles. The molecule has 0 aromatic carbocycles. The van der Waals surface area contributed by atoms with Gasteiger partial charge in [0, 0.05) is 19.8 Å². The molecule has 0 radical (unpaired) electrons. The lowest BCUT2D eigenvalue weighted by Crippen LogP contribution is -2.47. The first kappa shape index (κ1) is 20.4. The number of esters is 2. The molecule has 0 aromatic rings. The Labute approximate surface area is 164 Å². The van der Waals surface area contributed by atoms with Gasteiger partial charge in [0.25, 0.3) is 0 Å². The van der Waals surface area contributed by atoms with Gasteiger partial charge in [0.05, 0.1) is 6.61 Å². The van der Waals surface area contributed by atoms with E-state index in [4.69, 9.17) is 9.47 Å². The summed E-state index contributed by atoms with van der Waals surface area (Å²) in [7, 11) is 0. The minimum Gasteiger partial charge on any atom is -0.466 e. The molecule has 3 rings (SSSR count). The number of hydrogen-bond donors (Lipinski definition) is 0. The summed E-state index contributed by atoms with van der Waals surface area (Å²) in [6.07, 6.45) is 8.85. The minimum atomic E-state index is -0.227. The van der Waals surface area contributed by atoms with E-state index in [1.165, 1.54) is 51.5 Å². The molecular formula is C23H36O4. The van der Waals surface area contributed by atoms with Gasteiger partial charge in [-0.15, -0.1) is 0 Å². The van der Waals surface area contributed by atoms with E-state index >= 15 is 0 Å². The van der Waals surface area contributed by atoms with E-state index in [9.17, 15) is 9.59 Å². The van der Waals surface area contributed by atoms with E-state index in [-0.39, 0.29) is 29.4 Å². The van der Waals surface area contributed by atoms with Gasteiger partial charge in [0.2, 0.25) is 0 Å². The smallest absolute Gasteiger partial charge is 0.302 e. The lowest BCUT2D eigenvalue weighted by atomic mass is 9.53. The maximum Gasteiger partial charge on any atom is 0.302 e. The molecule has 152 valence electrons. The van der Waals surface area contributed by atoms with Crippen molar-refractivity contribution in [1.82, 2.24) is 0 Å². The van der Waals surface area contributed by atoms with Crippen LogP contribution in [0.2, 0.25) is 0 Å². The molecule has 0 amide bonds. The molecular weight excluding hydrogens is 340 g/mol. The van der Waals surface area contributed by atoms with Gasteiger partial charge >= 0.3 is 11.9 Å². The first-order valence-electron chi connectivity index (χ1n) is 10.6. The fourth-order valence-corrected chi connectivity index (χ4v) is 6.27. The molecule has 0 aromatic heterocycles. The minimum absolute atomic E-state index is 0.0451. The molecule has 3 fully saturated rings. The number of carbonyl (C=O) groups excluding carboxylic acids is 2. The first-order chi connectivity index (χ1) is 12.6. The highest BCUT2D eigenvalue weighted by Gasteiger charge is 2.52. The molecule has 0 spiro atoms. The van der Waals surface area contributed by atoms with Crippen molar-refractivity contribution in [2.45, 2.75) is 85.2 Å². The Morgan fingerprint density at radius 3 is 2.44 bits per heavy atom. The van der Waals surface area contributed by atoms with Gasteiger partial charge in [-0.1, -0.05) is 26.0 Å². The monoisotopic (exact) mass is 376 g/mol. The summed E-state index contributed by atoms with van der Waals surface area (Å²) in [6, 6.07) is 0. The number of ether oxygens (including phenoxy) is 2. The highest BCUT2D eigenvalue weighted by molar-refractivity contribution is 5.66. The molecule has 3 aliphatic rings. The topological polar surface area (TPSA) is 52.6 Å². The van der Waals surface area contributed by atoms with Crippen LogP contribution in [0.5, 0.6) is 0 Å². The van der Waals surface area contributed by atoms with Crippen molar-refractivity contribution in [3.63, 3.8) is 0 Å². The third kappa shape index (κ3) is 3.95. The van der Waals surface area contributed by atoms with Crippen LogP contribution in [0.25, 0.3) is 0 Å². The van der Waals surface area contributed by atoms with Gasteiger partial charge in [-0.05, 0) is 74.0 Å². The predicted octanol–water partition coefficient (Wildman–Crippen LogP) is 5.06. The van der Waals surface area contributed by atoms with Crippen molar-refractivity contribution in [2.24, 2.45) is 28.6 Å². The van der Waals surface area contributed by atoms with Gasteiger partial charge in [-0.25, -0.2) is 0 Å². The summed E-state index contributed by atoms with van der Waals surface area (Å²) in [5, 5.41) is 0. The summed E-state index contributed by atoms with van der Waals surface area (Å²) in [5.74, 6) is 1.18. The molecule has 4 heteroatoms. The fourth-order valence-electron chi connectivity index (χ4n) is 6.27. The maximum atomic E-state index is 11.4. The number of carbonyl (C=O) groups is 2. The summed E-state index contributed by atoms with van der Waals surface area (Å²) < 4.78 is 11.0. The Morgan fingerprint density at radius 1 is 1.04 bits per heavy atom. The van der Waals surface area contributed by atoms with Crippen LogP contribution < -0.4 is 0 Å². The van der Waals surface area contributed by atoms with Crippen LogP contribution in [-0.4, -0.2) is 24.6 Å². The molecule has 3 saturated carbocycles. The van der Waals surface area contributed by atoms with Crippen molar-refractivity contribution >= 4 is 11.9 Å². The molecule has 3 aliphatic carbocycles. The van der Waals surface area contributed by atoms with Gasteiger partial charge in [0.1, 0.15) is 6.10 Å². The quantitative estimate of drug-likeness (QED) is 0.508. The van der Waals surface area contributed by atoms with Crippen LogP contribution in [0, 0.1) is 28.6 Å². The lowest BCUT2D eigenvalue weighted by Gasteiger charge is -2.53. The Kier molecular flexibility index (Phi) is 5.74. The van der Waals surface area contributed by atoms with Crippen LogP contribution in [0.15, 0.2) is 12.2 Å². The van der Waals surface area contributed by atoms with E-state index in [1.807, 2.05) is 0 Å². The standard InChI is InChI=1S/C23H36O4/c1-15-6-7-18-12-19(8-10-22(15,18)4)23(5)11-9-21(27-17(3)25)13-20(23)14-26-16(2)24/h18-21H,1,6-14H2,2-5H3/t18?,19?,20-,21+,22-,23-/m1/s1. The van der Waals surface area contributed by atoms with E-state index in [0.717, 1.165) is 25.2 Å². The molecule has 0 N–H and O–H groups in total. The highest BCUT2D eigenvalue weighted by atomic mass is 16.5. The Hall–Kier alpha value is -1.32. The Bertz CT molecular complexity index is 611. The van der Waals surface area contributed by atoms with Crippen molar-refractivity contribution in [1.29, 1.82) is 0 Å². The van der Waals surface area contributed by atoms with E-state index < -0.39 is 0 Å². The Balaban J connectivity index is 1.75. The molecule has 0 saturated heterocycles. The second-order valence-electron chi connectivity index (χ2n) is 9.74. The SMILES string of the molecule is C=C1CCC2CC([C@@]3(C)CC[C@H](OC(C)=O)C[C@@H]3COC(C)=O)CC[C@]12C. The Morgan fingerprint density at radius 2 is 1.78 bits per heavy atom. The zero-order valence-corrected chi connectivity index (χ0v) is 17.5. The number of hydrogen-bond acceptors (Lipinski definition) is 4. The van der Waals surface area contributed by atoms with E-state index in [2.05, 4.69) is 20.4 Å². The summed E-state index contributed by atoms with van der Waals surface area (Å²) >= 11 is 0. The molecule has 0 heterocycles. The van der Waals surface area contributed by atoms with Gasteiger partial charge < -0.3 is 9.47 Å². The van der Waals surface area contributed by atoms with Crippen LogP contribution in [0.3, 0.4) is 0 Å². The third-order valence-electron chi connectivity index (χ3n) is 8.32. The van der Waals surface area contributed by atoms with Crippen molar-refractivity contribution in [3.05, 3.63) is 12.2 Å². The zero-order chi connectivity index (χ0) is 19.8. The van der Waals surface area contributed by atoms with Crippen LogP contribution in [0.1, 0.15) is 79.1 Å². The second kappa shape index (κ2) is 7.60. The number of fused-ring (bicyclic) bond motifs is 1. The normalized spacial score (nSPS) is 41.7. The first-order valence-corrected chi connectivity index (χ1v) is 10.6. The largest absolute Gasteiger partial charge is 0.466 e. The van der Waals surface area contributed by atoms with Crippen LogP contribution >= 0.6 is 0 Å². The molecule has 4 nitrogen and oxygen atoms in total. The number of allylic oxidation sites excluding steroid dienone is 1. The van der Waals surface area contributed by atoms with Crippen molar-refractivity contribution in [3.8, 4) is 0 Å². The average molecular weight is 377 g/mol. The number of rotatable bonds is 4. The summed E-state index contributed by atoms with van der Waals surface area (Å²) in [4.78, 5) is 22.9. The summed E-state index contributed by atoms with van der Waals surface area (Å²) in [5.41, 5.74) is 1.91. The van der Waals surface area contributed by atoms with Gasteiger partial charge in [0.15, 0.2) is 0 Å². The molecule has 0 bridgehead atoms. The maximum absolute atomic E-state index is 11.4. The average Bonchev–Trinajstić information content (AvgIpc) is 2.89. The fraction of sp³-hybridized carbons (Fsp3) is 0.826. The highest BCUT2D eigenvalue weighted by Crippen LogP contribution is 2.61. The predicted molar refractivity (Wildman–Crippen MR) is 105 cm³/mol. The van der Waals surface area contributed by atoms with Crippen molar-refractivity contribution < 1.29 is 19.1 Å². The molecule has 2 unspecified atom stereocenters. The van der Waals surface area contributed by atoms with Gasteiger partial charge in [-0.3, -0.25) is 9.59 Å².